The van der Waals surface area contributed by atoms with Gasteiger partial charge in [0.1, 0.15) is 11.4 Å². The van der Waals surface area contributed by atoms with E-state index in [1.807, 2.05) is 43.3 Å². The fourth-order valence-corrected chi connectivity index (χ4v) is 5.02. The van der Waals surface area contributed by atoms with E-state index in [-0.39, 0.29) is 24.0 Å². The number of ether oxygens (including phenoxy) is 2. The summed E-state index contributed by atoms with van der Waals surface area (Å²) in [5.74, 6) is 0.343. The van der Waals surface area contributed by atoms with Crippen LogP contribution in [0.15, 0.2) is 36.4 Å². The molecule has 4 rings (SSSR count). The fraction of sp³-hybridized carbons (Fsp3) is 0.583. The molecule has 1 aromatic carbocycles. The molecule has 3 aliphatic rings. The summed E-state index contributed by atoms with van der Waals surface area (Å²) in [7, 11) is 1.61. The highest BCUT2D eigenvalue weighted by Gasteiger charge is 2.67. The van der Waals surface area contributed by atoms with Crippen LogP contribution in [0.2, 0.25) is 0 Å². The van der Waals surface area contributed by atoms with Crippen molar-refractivity contribution in [1.29, 1.82) is 0 Å². The van der Waals surface area contributed by atoms with E-state index in [9.17, 15) is 9.59 Å². The molecule has 2 fully saturated rings. The molecule has 3 aliphatic heterocycles. The maximum atomic E-state index is 13.4. The number of anilines is 1. The first-order valence-electron chi connectivity index (χ1n) is 11.0. The Hall–Kier alpha value is -2.34. The highest BCUT2D eigenvalue weighted by molar-refractivity contribution is 6.03. The molecule has 30 heavy (non-hydrogen) atoms. The Kier molecular flexibility index (Phi) is 5.62. The number of fused-ring (bicyclic) bond motifs is 1. The number of hydrogen-bond acceptors (Lipinski definition) is 4. The highest BCUT2D eigenvalue weighted by Crippen LogP contribution is 2.52. The standard InChI is InChI=1S/C24H32N2O4/c1-15(2)6-5-7-16(3)25-22(27)20-19-12-13-24(30-19)14-26(23(28)21(20)24)17-8-10-18(29-4)11-9-17/h8-13,15-16,19-21H,5-7,14H2,1-4H3,(H,25,27)/t16-,19+,20+,21-,24-/m1/s1. The van der Waals surface area contributed by atoms with Crippen molar-refractivity contribution in [2.45, 2.75) is 57.8 Å². The van der Waals surface area contributed by atoms with E-state index < -0.39 is 17.4 Å². The Balaban J connectivity index is 1.47. The number of nitrogens with one attached hydrogen (secondary N) is 1. The third kappa shape index (κ3) is 3.62. The molecule has 1 spiro atoms. The molecule has 2 amide bonds. The van der Waals surface area contributed by atoms with Crippen molar-refractivity contribution >= 4 is 17.5 Å². The molecule has 5 atom stereocenters. The van der Waals surface area contributed by atoms with Gasteiger partial charge in [-0.05, 0) is 43.5 Å². The first-order chi connectivity index (χ1) is 14.3. The average Bonchev–Trinajstić information content (AvgIpc) is 3.36. The third-order valence-corrected chi connectivity index (χ3v) is 6.59. The summed E-state index contributed by atoms with van der Waals surface area (Å²) in [6.07, 6.45) is 6.80. The third-order valence-electron chi connectivity index (χ3n) is 6.59. The highest BCUT2D eigenvalue weighted by atomic mass is 16.5. The zero-order valence-corrected chi connectivity index (χ0v) is 18.3. The Bertz CT molecular complexity index is 834. The van der Waals surface area contributed by atoms with Crippen LogP contribution in [0.5, 0.6) is 5.75 Å². The number of nitrogens with zero attached hydrogens (tertiary/aromatic N) is 1. The van der Waals surface area contributed by atoms with E-state index >= 15 is 0 Å². The van der Waals surface area contributed by atoms with Crippen molar-refractivity contribution in [3.63, 3.8) is 0 Å². The molecule has 0 radical (unpaired) electrons. The molecule has 6 nitrogen and oxygen atoms in total. The lowest BCUT2D eigenvalue weighted by atomic mass is 9.76. The maximum absolute atomic E-state index is 13.4. The molecular formula is C24H32N2O4. The van der Waals surface area contributed by atoms with Crippen LogP contribution < -0.4 is 15.0 Å². The van der Waals surface area contributed by atoms with Crippen LogP contribution >= 0.6 is 0 Å². The van der Waals surface area contributed by atoms with Gasteiger partial charge >= 0.3 is 0 Å². The zero-order valence-electron chi connectivity index (χ0n) is 18.3. The molecule has 3 heterocycles. The molecule has 0 unspecified atom stereocenters. The monoisotopic (exact) mass is 412 g/mol. The predicted molar refractivity (Wildman–Crippen MR) is 115 cm³/mol. The molecular weight excluding hydrogens is 380 g/mol. The molecule has 2 bridgehead atoms. The number of amides is 2. The SMILES string of the molecule is COc1ccc(N2C[C@@]34C=C[C@H](O3)[C@H](C(=O)N[C@H](C)CCCC(C)C)[C@@H]4C2=O)cc1. The number of methoxy groups -OCH3 is 1. The van der Waals surface area contributed by atoms with Crippen molar-refractivity contribution in [1.82, 2.24) is 5.32 Å². The van der Waals surface area contributed by atoms with Crippen molar-refractivity contribution in [3.05, 3.63) is 36.4 Å². The second kappa shape index (κ2) is 8.06. The number of rotatable bonds is 8. The lowest BCUT2D eigenvalue weighted by Gasteiger charge is -2.25. The van der Waals surface area contributed by atoms with Crippen LogP contribution in [0.4, 0.5) is 5.69 Å². The van der Waals surface area contributed by atoms with Gasteiger partial charge in [-0.2, -0.15) is 0 Å². The quantitative estimate of drug-likeness (QED) is 0.665. The number of hydrogen-bond donors (Lipinski definition) is 1. The van der Waals surface area contributed by atoms with E-state index in [1.165, 1.54) is 0 Å². The van der Waals surface area contributed by atoms with Crippen molar-refractivity contribution in [2.75, 3.05) is 18.6 Å². The fourth-order valence-electron chi connectivity index (χ4n) is 5.02. The van der Waals surface area contributed by atoms with Gasteiger partial charge in [0, 0.05) is 11.7 Å². The first-order valence-corrected chi connectivity index (χ1v) is 11.0. The van der Waals surface area contributed by atoms with Crippen LogP contribution in [0.25, 0.3) is 0 Å². The first kappa shape index (κ1) is 20.9. The Morgan fingerprint density at radius 3 is 2.67 bits per heavy atom. The summed E-state index contributed by atoms with van der Waals surface area (Å²) < 4.78 is 11.4. The van der Waals surface area contributed by atoms with E-state index in [2.05, 4.69) is 19.2 Å². The summed E-state index contributed by atoms with van der Waals surface area (Å²) in [5, 5.41) is 3.14. The normalized spacial score (nSPS) is 30.1. The van der Waals surface area contributed by atoms with Crippen LogP contribution in [-0.2, 0) is 14.3 Å². The van der Waals surface area contributed by atoms with E-state index in [0.29, 0.717) is 12.5 Å². The number of benzene rings is 1. The second-order valence-corrected chi connectivity index (χ2v) is 9.26. The van der Waals surface area contributed by atoms with E-state index in [0.717, 1.165) is 30.7 Å². The molecule has 162 valence electrons. The smallest absolute Gasteiger partial charge is 0.234 e. The average molecular weight is 413 g/mol. The van der Waals surface area contributed by atoms with E-state index in [1.54, 1.807) is 12.0 Å². The summed E-state index contributed by atoms with van der Waals surface area (Å²) in [6, 6.07) is 7.51. The largest absolute Gasteiger partial charge is 0.497 e. The molecule has 2 saturated heterocycles. The Morgan fingerprint density at radius 1 is 1.27 bits per heavy atom. The van der Waals surface area contributed by atoms with Gasteiger partial charge < -0.3 is 19.7 Å². The van der Waals surface area contributed by atoms with Gasteiger partial charge in [0.25, 0.3) is 0 Å². The summed E-state index contributed by atoms with van der Waals surface area (Å²) in [4.78, 5) is 28.3. The number of carbonyl (C=O) groups excluding carboxylic acids is 2. The minimum Gasteiger partial charge on any atom is -0.497 e. The lowest BCUT2D eigenvalue weighted by molar-refractivity contribution is -0.132. The van der Waals surface area contributed by atoms with Crippen LogP contribution in [0.1, 0.15) is 40.0 Å². The van der Waals surface area contributed by atoms with Gasteiger partial charge in [0.05, 0.1) is 31.6 Å². The van der Waals surface area contributed by atoms with Crippen LogP contribution in [0.3, 0.4) is 0 Å². The Labute approximate surface area is 178 Å². The minimum atomic E-state index is -0.704. The molecule has 6 heteroatoms. The molecule has 0 aromatic heterocycles. The summed E-state index contributed by atoms with van der Waals surface area (Å²) >= 11 is 0. The second-order valence-electron chi connectivity index (χ2n) is 9.26. The van der Waals surface area contributed by atoms with Crippen LogP contribution in [-0.4, -0.2) is 43.2 Å². The van der Waals surface area contributed by atoms with Crippen molar-refractivity contribution < 1.29 is 19.1 Å². The van der Waals surface area contributed by atoms with E-state index in [4.69, 9.17) is 9.47 Å². The van der Waals surface area contributed by atoms with Crippen LogP contribution in [0, 0.1) is 17.8 Å². The molecule has 0 aliphatic carbocycles. The molecule has 0 saturated carbocycles. The summed E-state index contributed by atoms with van der Waals surface area (Å²) in [6.45, 7) is 6.89. The lowest BCUT2D eigenvalue weighted by Crippen LogP contribution is -2.46. The van der Waals surface area contributed by atoms with Crippen molar-refractivity contribution in [2.24, 2.45) is 17.8 Å². The van der Waals surface area contributed by atoms with Gasteiger partial charge in [0.15, 0.2) is 0 Å². The topological polar surface area (TPSA) is 67.9 Å². The van der Waals surface area contributed by atoms with Gasteiger partial charge in [-0.25, -0.2) is 0 Å². The zero-order chi connectivity index (χ0) is 21.5. The van der Waals surface area contributed by atoms with Crippen molar-refractivity contribution in [3.8, 4) is 5.75 Å². The summed E-state index contributed by atoms with van der Waals surface area (Å²) in [5.41, 5.74) is 0.0936. The molecule has 1 aromatic rings. The Morgan fingerprint density at radius 2 is 2.00 bits per heavy atom. The predicted octanol–water partition coefficient (Wildman–Crippen LogP) is 3.31. The maximum Gasteiger partial charge on any atom is 0.234 e. The van der Waals surface area contributed by atoms with Gasteiger partial charge in [-0.1, -0.05) is 38.8 Å². The molecule has 1 N–H and O–H groups in total. The number of carbonyl (C=O) groups is 2. The van der Waals surface area contributed by atoms with Gasteiger partial charge in [-0.3, -0.25) is 9.59 Å². The van der Waals surface area contributed by atoms with Gasteiger partial charge in [-0.15, -0.1) is 0 Å². The minimum absolute atomic E-state index is 0.0420. The van der Waals surface area contributed by atoms with Gasteiger partial charge in [0.2, 0.25) is 11.8 Å².